The number of aliphatic hydroxyl groups is 1. The topological polar surface area (TPSA) is 87.1 Å². The Labute approximate surface area is 136 Å². The van der Waals surface area contributed by atoms with E-state index >= 15 is 0 Å². The summed E-state index contributed by atoms with van der Waals surface area (Å²) in [5.41, 5.74) is 1.27. The fourth-order valence-electron chi connectivity index (χ4n) is 2.16. The van der Waals surface area contributed by atoms with Crippen LogP contribution in [0, 0.1) is 0 Å². The van der Waals surface area contributed by atoms with E-state index in [0.29, 0.717) is 12.2 Å². The molecular weight excluding hydrogens is 292 g/mol. The second-order valence-corrected chi connectivity index (χ2v) is 5.64. The van der Waals surface area contributed by atoms with Gasteiger partial charge >= 0.3 is 6.03 Å². The summed E-state index contributed by atoms with van der Waals surface area (Å²) >= 11 is 0. The molecule has 1 unspecified atom stereocenters. The van der Waals surface area contributed by atoms with Crippen LogP contribution in [0.1, 0.15) is 26.7 Å². The lowest BCUT2D eigenvalue weighted by atomic mass is 9.95. The molecule has 1 aromatic heterocycles. The minimum absolute atomic E-state index is 0.0240. The summed E-state index contributed by atoms with van der Waals surface area (Å²) in [6.07, 6.45) is 1.22. The SMILES string of the molecule is CCC(C)(CCO)NC(=O)Nc1ccc(-c2ccccc2)nn1. The number of aromatic nitrogens is 2. The summed E-state index contributed by atoms with van der Waals surface area (Å²) in [6.45, 7) is 3.88. The minimum atomic E-state index is -0.448. The molecule has 0 bridgehead atoms. The second-order valence-electron chi connectivity index (χ2n) is 5.64. The van der Waals surface area contributed by atoms with Crippen molar-refractivity contribution in [2.24, 2.45) is 0 Å². The number of hydrogen-bond donors (Lipinski definition) is 3. The summed E-state index contributed by atoms with van der Waals surface area (Å²) < 4.78 is 0. The maximum Gasteiger partial charge on any atom is 0.320 e. The number of carbonyl (C=O) groups is 1. The number of nitrogens with zero attached hydrogens (tertiary/aromatic N) is 2. The Morgan fingerprint density at radius 1 is 1.17 bits per heavy atom. The van der Waals surface area contributed by atoms with Crippen LogP contribution in [0.3, 0.4) is 0 Å². The number of carbonyl (C=O) groups excluding carboxylic acids is 1. The van der Waals surface area contributed by atoms with Gasteiger partial charge in [0.15, 0.2) is 5.82 Å². The molecule has 0 saturated carbocycles. The predicted molar refractivity (Wildman–Crippen MR) is 90.0 cm³/mol. The molecule has 3 N–H and O–H groups in total. The third kappa shape index (κ3) is 4.75. The van der Waals surface area contributed by atoms with Crippen LogP contribution in [0.15, 0.2) is 42.5 Å². The molecule has 2 amide bonds. The van der Waals surface area contributed by atoms with E-state index in [2.05, 4.69) is 20.8 Å². The highest BCUT2D eigenvalue weighted by atomic mass is 16.3. The molecule has 2 aromatic rings. The van der Waals surface area contributed by atoms with Gasteiger partial charge in [-0.15, -0.1) is 10.2 Å². The Hall–Kier alpha value is -2.47. The van der Waals surface area contributed by atoms with E-state index in [1.54, 1.807) is 6.07 Å². The van der Waals surface area contributed by atoms with Crippen molar-refractivity contribution in [3.63, 3.8) is 0 Å². The number of rotatable bonds is 6. The fourth-order valence-corrected chi connectivity index (χ4v) is 2.16. The number of urea groups is 1. The predicted octanol–water partition coefficient (Wildman–Crippen LogP) is 2.82. The first-order valence-corrected chi connectivity index (χ1v) is 7.65. The van der Waals surface area contributed by atoms with Crippen LogP contribution in [0.25, 0.3) is 11.3 Å². The maximum atomic E-state index is 12.0. The van der Waals surface area contributed by atoms with Crippen molar-refractivity contribution in [3.05, 3.63) is 42.5 Å². The van der Waals surface area contributed by atoms with E-state index in [-0.39, 0.29) is 12.6 Å². The molecule has 0 aliphatic carbocycles. The summed E-state index contributed by atoms with van der Waals surface area (Å²) in [5, 5.41) is 22.8. The van der Waals surface area contributed by atoms with Gasteiger partial charge in [-0.05, 0) is 31.9 Å². The zero-order valence-corrected chi connectivity index (χ0v) is 13.4. The van der Waals surface area contributed by atoms with Crippen molar-refractivity contribution < 1.29 is 9.90 Å². The van der Waals surface area contributed by atoms with Gasteiger partial charge < -0.3 is 10.4 Å². The first-order valence-electron chi connectivity index (χ1n) is 7.65. The van der Waals surface area contributed by atoms with Gasteiger partial charge in [0.05, 0.1) is 5.69 Å². The van der Waals surface area contributed by atoms with Crippen molar-refractivity contribution >= 4 is 11.8 Å². The molecular formula is C17H22N4O2. The van der Waals surface area contributed by atoms with Gasteiger partial charge in [-0.2, -0.15) is 0 Å². The molecule has 6 heteroatoms. The van der Waals surface area contributed by atoms with E-state index in [1.807, 2.05) is 50.2 Å². The highest BCUT2D eigenvalue weighted by Gasteiger charge is 2.23. The Kier molecular flexibility index (Phi) is 5.65. The molecule has 2 rings (SSSR count). The van der Waals surface area contributed by atoms with E-state index in [9.17, 15) is 4.79 Å². The number of anilines is 1. The second kappa shape index (κ2) is 7.69. The van der Waals surface area contributed by atoms with Crippen molar-refractivity contribution in [2.45, 2.75) is 32.2 Å². The van der Waals surface area contributed by atoms with E-state index < -0.39 is 5.54 Å². The molecule has 122 valence electrons. The standard InChI is InChI=1S/C17H22N4O2/c1-3-17(2,11-12-22)19-16(23)18-15-10-9-14(20-21-15)13-7-5-4-6-8-13/h4-10,22H,3,11-12H2,1-2H3,(H2,18,19,21,23). The monoisotopic (exact) mass is 314 g/mol. The van der Waals surface area contributed by atoms with Crippen LogP contribution in [-0.4, -0.2) is 33.5 Å². The van der Waals surface area contributed by atoms with Gasteiger partial charge in [-0.25, -0.2) is 4.79 Å². The molecule has 23 heavy (non-hydrogen) atoms. The van der Waals surface area contributed by atoms with E-state index in [1.165, 1.54) is 0 Å². The van der Waals surface area contributed by atoms with Crippen LogP contribution in [0.2, 0.25) is 0 Å². The molecule has 0 saturated heterocycles. The highest BCUT2D eigenvalue weighted by molar-refractivity contribution is 5.88. The van der Waals surface area contributed by atoms with Crippen LogP contribution in [0.5, 0.6) is 0 Å². The van der Waals surface area contributed by atoms with Crippen molar-refractivity contribution in [1.29, 1.82) is 0 Å². The van der Waals surface area contributed by atoms with Gasteiger partial charge in [0.1, 0.15) is 0 Å². The first-order chi connectivity index (χ1) is 11.1. The average molecular weight is 314 g/mol. The Morgan fingerprint density at radius 3 is 2.48 bits per heavy atom. The van der Waals surface area contributed by atoms with E-state index in [4.69, 9.17) is 5.11 Å². The van der Waals surface area contributed by atoms with Gasteiger partial charge in [0.2, 0.25) is 0 Å². The lowest BCUT2D eigenvalue weighted by Gasteiger charge is -2.28. The molecule has 1 atom stereocenters. The molecule has 0 fully saturated rings. The highest BCUT2D eigenvalue weighted by Crippen LogP contribution is 2.17. The summed E-state index contributed by atoms with van der Waals surface area (Å²) in [5.74, 6) is 0.379. The van der Waals surface area contributed by atoms with Crippen molar-refractivity contribution in [3.8, 4) is 11.3 Å². The third-order valence-electron chi connectivity index (χ3n) is 3.83. The number of amides is 2. The first kappa shape index (κ1) is 16.9. The van der Waals surface area contributed by atoms with Crippen molar-refractivity contribution in [2.75, 3.05) is 11.9 Å². The smallest absolute Gasteiger partial charge is 0.320 e. The number of benzene rings is 1. The molecule has 1 aromatic carbocycles. The van der Waals surface area contributed by atoms with Gasteiger partial charge in [-0.1, -0.05) is 37.3 Å². The lowest BCUT2D eigenvalue weighted by Crippen LogP contribution is -2.48. The zero-order valence-electron chi connectivity index (χ0n) is 13.4. The molecule has 0 aliphatic rings. The van der Waals surface area contributed by atoms with Gasteiger partial charge in [0, 0.05) is 17.7 Å². The Balaban J connectivity index is 1.99. The van der Waals surface area contributed by atoms with Crippen LogP contribution in [0.4, 0.5) is 10.6 Å². The molecule has 6 nitrogen and oxygen atoms in total. The molecule has 0 aliphatic heterocycles. The molecule has 0 spiro atoms. The minimum Gasteiger partial charge on any atom is -0.396 e. The van der Waals surface area contributed by atoms with Crippen LogP contribution >= 0.6 is 0 Å². The normalized spacial score (nSPS) is 13.2. The van der Waals surface area contributed by atoms with Crippen LogP contribution < -0.4 is 10.6 Å². The summed E-state index contributed by atoms with van der Waals surface area (Å²) in [4.78, 5) is 12.0. The average Bonchev–Trinajstić information content (AvgIpc) is 2.56. The fraction of sp³-hybridized carbons (Fsp3) is 0.353. The summed E-state index contributed by atoms with van der Waals surface area (Å²) in [7, 11) is 0. The molecule has 1 heterocycles. The number of aliphatic hydroxyl groups excluding tert-OH is 1. The zero-order chi connectivity index (χ0) is 16.7. The molecule has 0 radical (unpaired) electrons. The number of nitrogens with one attached hydrogen (secondary N) is 2. The number of hydrogen-bond acceptors (Lipinski definition) is 4. The van der Waals surface area contributed by atoms with Gasteiger partial charge in [0.25, 0.3) is 0 Å². The Morgan fingerprint density at radius 2 is 1.91 bits per heavy atom. The van der Waals surface area contributed by atoms with Crippen molar-refractivity contribution in [1.82, 2.24) is 15.5 Å². The quantitative estimate of drug-likeness (QED) is 0.765. The maximum absolute atomic E-state index is 12.0. The summed E-state index contributed by atoms with van der Waals surface area (Å²) in [6, 6.07) is 12.9. The Bertz CT molecular complexity index is 631. The van der Waals surface area contributed by atoms with Crippen LogP contribution in [-0.2, 0) is 0 Å². The largest absolute Gasteiger partial charge is 0.396 e. The van der Waals surface area contributed by atoms with Gasteiger partial charge in [-0.3, -0.25) is 5.32 Å². The van der Waals surface area contributed by atoms with E-state index in [0.717, 1.165) is 17.7 Å². The third-order valence-corrected chi connectivity index (χ3v) is 3.83. The lowest BCUT2D eigenvalue weighted by molar-refractivity contribution is 0.208.